The quantitative estimate of drug-likeness (QED) is 0.834. The molecule has 0 aliphatic rings. The van der Waals surface area contributed by atoms with E-state index in [2.05, 4.69) is 31.4 Å². The van der Waals surface area contributed by atoms with Crippen molar-refractivity contribution in [1.29, 1.82) is 0 Å². The Bertz CT molecular complexity index is 559. The predicted octanol–water partition coefficient (Wildman–Crippen LogP) is 4.32. The molecule has 96 valence electrons. The van der Waals surface area contributed by atoms with Crippen molar-refractivity contribution < 1.29 is 4.42 Å². The molecule has 0 atom stereocenters. The molecular formula is C11H10BrCl2N3O. The summed E-state index contributed by atoms with van der Waals surface area (Å²) in [5.74, 6) is 0.948. The van der Waals surface area contributed by atoms with E-state index in [1.807, 2.05) is 13.0 Å². The highest BCUT2D eigenvalue weighted by Crippen LogP contribution is 2.31. The average molecular weight is 351 g/mol. The van der Waals surface area contributed by atoms with E-state index in [1.165, 1.54) is 0 Å². The lowest BCUT2D eigenvalue weighted by Gasteiger charge is -2.07. The highest BCUT2D eigenvalue weighted by Gasteiger charge is 2.09. The largest absolute Gasteiger partial charge is 0.408 e. The Morgan fingerprint density at radius 1 is 1.39 bits per heavy atom. The minimum absolute atomic E-state index is 0.315. The fraction of sp³-hybridized carbons (Fsp3) is 0.273. The van der Waals surface area contributed by atoms with Crippen LogP contribution in [0.1, 0.15) is 11.5 Å². The van der Waals surface area contributed by atoms with Crippen LogP contribution in [0.5, 0.6) is 0 Å². The number of benzene rings is 1. The van der Waals surface area contributed by atoms with Gasteiger partial charge in [-0.15, -0.1) is 16.7 Å². The van der Waals surface area contributed by atoms with Crippen molar-refractivity contribution in [2.45, 2.75) is 13.3 Å². The molecule has 0 bridgehead atoms. The maximum Gasteiger partial charge on any atom is 0.320 e. The average Bonchev–Trinajstić information content (AvgIpc) is 2.74. The summed E-state index contributed by atoms with van der Waals surface area (Å²) < 4.78 is 6.25. The third-order valence-corrected chi connectivity index (χ3v) is 3.52. The van der Waals surface area contributed by atoms with Gasteiger partial charge in [-0.05, 0) is 40.5 Å². The molecule has 0 radical (unpaired) electrons. The van der Waals surface area contributed by atoms with Gasteiger partial charge in [0.05, 0.1) is 5.69 Å². The number of rotatable bonds is 4. The number of halogens is 3. The summed E-state index contributed by atoms with van der Waals surface area (Å²) in [5.41, 5.74) is 1.76. The van der Waals surface area contributed by atoms with Crippen LogP contribution in [0.3, 0.4) is 0 Å². The third kappa shape index (κ3) is 3.16. The zero-order chi connectivity index (χ0) is 13.1. The van der Waals surface area contributed by atoms with E-state index in [0.29, 0.717) is 29.2 Å². The molecule has 7 heteroatoms. The molecule has 1 aromatic carbocycles. The summed E-state index contributed by atoms with van der Waals surface area (Å²) in [6.07, 6.45) is 0.548. The number of hydrogen-bond acceptors (Lipinski definition) is 4. The molecule has 4 nitrogen and oxygen atoms in total. The van der Waals surface area contributed by atoms with Crippen molar-refractivity contribution in [3.63, 3.8) is 0 Å². The number of nitrogens with one attached hydrogen (secondary N) is 1. The van der Waals surface area contributed by atoms with Crippen LogP contribution in [0.2, 0.25) is 5.02 Å². The molecule has 0 amide bonds. The summed E-state index contributed by atoms with van der Waals surface area (Å²) in [6.45, 7) is 1.93. The number of anilines is 2. The fourth-order valence-corrected chi connectivity index (χ4v) is 2.23. The summed E-state index contributed by atoms with van der Waals surface area (Å²) in [7, 11) is 0. The van der Waals surface area contributed by atoms with Crippen LogP contribution in [0.4, 0.5) is 11.7 Å². The lowest BCUT2D eigenvalue weighted by molar-refractivity contribution is 0.516. The van der Waals surface area contributed by atoms with E-state index in [1.54, 1.807) is 6.07 Å². The van der Waals surface area contributed by atoms with Gasteiger partial charge in [0.25, 0.3) is 0 Å². The Morgan fingerprint density at radius 3 is 2.89 bits per heavy atom. The zero-order valence-electron chi connectivity index (χ0n) is 9.51. The van der Waals surface area contributed by atoms with Crippen molar-refractivity contribution in [2.24, 2.45) is 0 Å². The monoisotopic (exact) mass is 349 g/mol. The summed E-state index contributed by atoms with van der Waals surface area (Å²) >= 11 is 15.1. The van der Waals surface area contributed by atoms with Gasteiger partial charge in [0.1, 0.15) is 0 Å². The molecule has 0 aliphatic heterocycles. The lowest BCUT2D eigenvalue weighted by atomic mass is 10.2. The SMILES string of the molecule is Cc1cc(Br)c(Nc2nnc(CCCl)o2)cc1Cl. The van der Waals surface area contributed by atoms with Gasteiger partial charge in [0.2, 0.25) is 5.89 Å². The second-order valence-corrected chi connectivity index (χ2v) is 5.29. The van der Waals surface area contributed by atoms with Crippen molar-refractivity contribution in [3.8, 4) is 0 Å². The molecule has 1 N–H and O–H groups in total. The van der Waals surface area contributed by atoms with Gasteiger partial charge >= 0.3 is 6.01 Å². The minimum atomic E-state index is 0.315. The maximum absolute atomic E-state index is 6.06. The van der Waals surface area contributed by atoms with Crippen LogP contribution in [0.15, 0.2) is 21.0 Å². The van der Waals surface area contributed by atoms with Crippen LogP contribution < -0.4 is 5.32 Å². The van der Waals surface area contributed by atoms with E-state index < -0.39 is 0 Å². The molecule has 18 heavy (non-hydrogen) atoms. The van der Waals surface area contributed by atoms with Crippen molar-refractivity contribution in [3.05, 3.63) is 33.1 Å². The second kappa shape index (κ2) is 5.91. The molecule has 1 heterocycles. The van der Waals surface area contributed by atoms with E-state index in [0.717, 1.165) is 15.7 Å². The van der Waals surface area contributed by atoms with Crippen LogP contribution in [-0.2, 0) is 6.42 Å². The van der Waals surface area contributed by atoms with Gasteiger partial charge in [0.15, 0.2) is 0 Å². The molecule has 0 fully saturated rings. The van der Waals surface area contributed by atoms with Crippen LogP contribution >= 0.6 is 39.1 Å². The Balaban J connectivity index is 2.20. The zero-order valence-corrected chi connectivity index (χ0v) is 12.6. The van der Waals surface area contributed by atoms with E-state index in [9.17, 15) is 0 Å². The number of alkyl halides is 1. The van der Waals surface area contributed by atoms with E-state index in [4.69, 9.17) is 27.6 Å². The number of aromatic nitrogens is 2. The summed E-state index contributed by atoms with van der Waals surface area (Å²) in [4.78, 5) is 0. The topological polar surface area (TPSA) is 51.0 Å². The number of aryl methyl sites for hydroxylation is 2. The summed E-state index contributed by atoms with van der Waals surface area (Å²) in [6, 6.07) is 4.03. The Hall–Kier alpha value is -0.780. The first-order valence-electron chi connectivity index (χ1n) is 5.21. The van der Waals surface area contributed by atoms with Crippen LogP contribution in [0, 0.1) is 6.92 Å². The van der Waals surface area contributed by atoms with Crippen molar-refractivity contribution in [2.75, 3.05) is 11.2 Å². The molecule has 0 saturated heterocycles. The normalized spacial score (nSPS) is 10.7. The molecule has 2 aromatic rings. The van der Waals surface area contributed by atoms with Gasteiger partial charge in [-0.2, -0.15) is 0 Å². The van der Waals surface area contributed by atoms with E-state index >= 15 is 0 Å². The molecule has 1 aromatic heterocycles. The third-order valence-electron chi connectivity index (χ3n) is 2.27. The first kappa shape index (κ1) is 13.6. The van der Waals surface area contributed by atoms with Gasteiger partial charge < -0.3 is 9.73 Å². The Labute approximate surface area is 123 Å². The number of hydrogen-bond donors (Lipinski definition) is 1. The van der Waals surface area contributed by atoms with E-state index in [-0.39, 0.29) is 0 Å². The smallest absolute Gasteiger partial charge is 0.320 e. The van der Waals surface area contributed by atoms with Crippen LogP contribution in [-0.4, -0.2) is 16.1 Å². The molecule has 0 saturated carbocycles. The highest BCUT2D eigenvalue weighted by molar-refractivity contribution is 9.10. The first-order chi connectivity index (χ1) is 8.60. The van der Waals surface area contributed by atoms with Crippen molar-refractivity contribution in [1.82, 2.24) is 10.2 Å². The van der Waals surface area contributed by atoms with Gasteiger partial charge in [-0.1, -0.05) is 16.7 Å². The van der Waals surface area contributed by atoms with Crippen LogP contribution in [0.25, 0.3) is 0 Å². The minimum Gasteiger partial charge on any atom is -0.408 e. The van der Waals surface area contributed by atoms with Gasteiger partial charge in [-0.3, -0.25) is 0 Å². The standard InChI is InChI=1S/C11H10BrCl2N3O/c1-6-4-7(12)9(5-8(6)14)15-11-17-16-10(18-11)2-3-13/h4-5H,2-3H2,1H3,(H,15,17). The summed E-state index contributed by atoms with van der Waals surface area (Å²) in [5, 5.41) is 11.4. The Kier molecular flexibility index (Phi) is 4.48. The highest BCUT2D eigenvalue weighted by atomic mass is 79.9. The predicted molar refractivity (Wildman–Crippen MR) is 75.9 cm³/mol. The molecule has 0 aliphatic carbocycles. The molecule has 0 spiro atoms. The second-order valence-electron chi connectivity index (χ2n) is 3.65. The number of nitrogens with zero attached hydrogens (tertiary/aromatic N) is 2. The fourth-order valence-electron chi connectivity index (χ4n) is 1.34. The molecule has 2 rings (SSSR count). The lowest BCUT2D eigenvalue weighted by Crippen LogP contribution is -1.92. The maximum atomic E-state index is 6.06. The molecular weight excluding hydrogens is 341 g/mol. The van der Waals surface area contributed by atoms with Crippen molar-refractivity contribution >= 4 is 50.8 Å². The Morgan fingerprint density at radius 2 is 2.17 bits per heavy atom. The first-order valence-corrected chi connectivity index (χ1v) is 6.91. The molecule has 0 unspecified atom stereocenters. The van der Waals surface area contributed by atoms with Gasteiger partial charge in [-0.25, -0.2) is 0 Å². The van der Waals surface area contributed by atoms with Gasteiger partial charge in [0, 0.05) is 21.8 Å².